The highest BCUT2D eigenvalue weighted by molar-refractivity contribution is 7.91. The van der Waals surface area contributed by atoms with Crippen LogP contribution in [-0.4, -0.2) is 55.0 Å². The second-order valence-corrected chi connectivity index (χ2v) is 9.18. The summed E-state index contributed by atoms with van der Waals surface area (Å²) in [6, 6.07) is -0.437. The van der Waals surface area contributed by atoms with Crippen LogP contribution >= 0.6 is 0 Å². The third-order valence-electron chi connectivity index (χ3n) is 4.99. The monoisotopic (exact) mass is 367 g/mol. The Bertz CT molecular complexity index is 711. The van der Waals surface area contributed by atoms with Gasteiger partial charge in [0.05, 0.1) is 17.5 Å². The quantitative estimate of drug-likeness (QED) is 0.738. The zero-order valence-corrected chi connectivity index (χ0v) is 15.2. The Morgan fingerprint density at radius 3 is 2.80 bits per heavy atom. The Kier molecular flexibility index (Phi) is 5.56. The number of carbonyl (C=O) groups excluding carboxylic acids is 2. The lowest BCUT2D eigenvalue weighted by Gasteiger charge is -2.27. The lowest BCUT2D eigenvalue weighted by molar-refractivity contribution is -0.133. The van der Waals surface area contributed by atoms with Gasteiger partial charge in [0.1, 0.15) is 5.71 Å². The van der Waals surface area contributed by atoms with E-state index in [-0.39, 0.29) is 29.7 Å². The summed E-state index contributed by atoms with van der Waals surface area (Å²) in [4.78, 5) is 24.4. The van der Waals surface area contributed by atoms with E-state index < -0.39 is 15.9 Å². The molecule has 1 unspecified atom stereocenters. The first kappa shape index (κ1) is 18.1. The highest BCUT2D eigenvalue weighted by Gasteiger charge is 2.37. The van der Waals surface area contributed by atoms with Crippen LogP contribution in [0.15, 0.2) is 16.8 Å². The van der Waals surface area contributed by atoms with Crippen molar-refractivity contribution in [2.24, 2.45) is 5.10 Å². The van der Waals surface area contributed by atoms with Crippen molar-refractivity contribution in [2.45, 2.75) is 57.4 Å². The number of nitrogens with one attached hydrogen (secondary N) is 1. The first-order valence-electron chi connectivity index (χ1n) is 9.01. The van der Waals surface area contributed by atoms with E-state index in [1.54, 1.807) is 0 Å². The molecule has 0 aromatic carbocycles. The van der Waals surface area contributed by atoms with Gasteiger partial charge in [-0.3, -0.25) is 9.59 Å². The Hall–Kier alpha value is -1.70. The number of sulfone groups is 1. The van der Waals surface area contributed by atoms with Crippen molar-refractivity contribution in [1.82, 2.24) is 10.3 Å². The number of nitrogens with zero attached hydrogens (tertiary/aromatic N) is 2. The molecule has 138 valence electrons. The number of hydrazone groups is 1. The average Bonchev–Trinajstić information content (AvgIpc) is 2.96. The van der Waals surface area contributed by atoms with Gasteiger partial charge >= 0.3 is 0 Å². The van der Waals surface area contributed by atoms with Crippen LogP contribution in [-0.2, 0) is 19.4 Å². The Morgan fingerprint density at radius 1 is 1.28 bits per heavy atom. The van der Waals surface area contributed by atoms with Crippen LogP contribution in [0, 0.1) is 0 Å². The Balaban J connectivity index is 1.57. The number of amides is 2. The second-order valence-electron chi connectivity index (χ2n) is 6.96. The van der Waals surface area contributed by atoms with Gasteiger partial charge in [-0.2, -0.15) is 5.10 Å². The molecule has 0 bridgehead atoms. The SMILES string of the molecule is O=C(NCCC1=CCCCC1)C1=NN(C2CCS(=O)(=O)C2)C(=O)CC1. The van der Waals surface area contributed by atoms with Crippen LogP contribution in [0.25, 0.3) is 0 Å². The first-order valence-corrected chi connectivity index (χ1v) is 10.8. The summed E-state index contributed by atoms with van der Waals surface area (Å²) in [7, 11) is -3.10. The van der Waals surface area contributed by atoms with Crippen LogP contribution < -0.4 is 5.32 Å². The first-order chi connectivity index (χ1) is 11.9. The van der Waals surface area contributed by atoms with Crippen molar-refractivity contribution in [3.8, 4) is 0 Å². The van der Waals surface area contributed by atoms with Crippen molar-refractivity contribution in [2.75, 3.05) is 18.1 Å². The van der Waals surface area contributed by atoms with E-state index in [0.717, 1.165) is 19.3 Å². The molecule has 3 aliphatic rings. The van der Waals surface area contributed by atoms with E-state index in [2.05, 4.69) is 16.5 Å². The summed E-state index contributed by atoms with van der Waals surface area (Å²) in [5, 5.41) is 8.29. The molecule has 0 saturated carbocycles. The number of carbonyl (C=O) groups is 2. The maximum atomic E-state index is 12.3. The average molecular weight is 367 g/mol. The topological polar surface area (TPSA) is 95.9 Å². The smallest absolute Gasteiger partial charge is 0.267 e. The van der Waals surface area contributed by atoms with E-state index in [0.29, 0.717) is 25.1 Å². The van der Waals surface area contributed by atoms with Gasteiger partial charge in [-0.1, -0.05) is 11.6 Å². The van der Waals surface area contributed by atoms with Crippen molar-refractivity contribution in [1.29, 1.82) is 0 Å². The zero-order valence-electron chi connectivity index (χ0n) is 14.4. The molecule has 0 spiro atoms. The largest absolute Gasteiger partial charge is 0.351 e. The molecule has 0 radical (unpaired) electrons. The third kappa shape index (κ3) is 4.68. The van der Waals surface area contributed by atoms with Gasteiger partial charge in [0.2, 0.25) is 5.91 Å². The summed E-state index contributed by atoms with van der Waals surface area (Å²) in [6.45, 7) is 0.565. The molecule has 2 aliphatic heterocycles. The molecule has 1 atom stereocenters. The Labute approximate surface area is 148 Å². The molecule has 2 amide bonds. The van der Waals surface area contributed by atoms with Gasteiger partial charge in [-0.05, 0) is 38.5 Å². The van der Waals surface area contributed by atoms with Crippen LogP contribution in [0.4, 0.5) is 0 Å². The minimum Gasteiger partial charge on any atom is -0.351 e. The van der Waals surface area contributed by atoms with Crippen molar-refractivity contribution < 1.29 is 18.0 Å². The molecule has 1 N–H and O–H groups in total. The van der Waals surface area contributed by atoms with Crippen molar-refractivity contribution in [3.05, 3.63) is 11.6 Å². The predicted octanol–water partition coefficient (Wildman–Crippen LogP) is 1.16. The van der Waals surface area contributed by atoms with E-state index in [1.807, 2.05) is 0 Å². The summed E-state index contributed by atoms with van der Waals surface area (Å²) in [6.07, 6.45) is 8.70. The molecular weight excluding hydrogens is 342 g/mol. The van der Waals surface area contributed by atoms with Crippen molar-refractivity contribution in [3.63, 3.8) is 0 Å². The second kappa shape index (κ2) is 7.68. The molecule has 8 heteroatoms. The summed E-state index contributed by atoms with van der Waals surface area (Å²) >= 11 is 0. The van der Waals surface area contributed by atoms with E-state index >= 15 is 0 Å². The lowest BCUT2D eigenvalue weighted by Crippen LogP contribution is -2.44. The van der Waals surface area contributed by atoms with Crippen molar-refractivity contribution >= 4 is 27.4 Å². The fourth-order valence-electron chi connectivity index (χ4n) is 3.56. The summed E-state index contributed by atoms with van der Waals surface area (Å²) < 4.78 is 23.3. The van der Waals surface area contributed by atoms with Gasteiger partial charge in [-0.15, -0.1) is 0 Å². The van der Waals surface area contributed by atoms with Gasteiger partial charge in [-0.25, -0.2) is 13.4 Å². The highest BCUT2D eigenvalue weighted by Crippen LogP contribution is 2.22. The molecule has 1 aliphatic carbocycles. The van der Waals surface area contributed by atoms with E-state index in [9.17, 15) is 18.0 Å². The normalized spacial score (nSPS) is 26.2. The number of hydrogen-bond acceptors (Lipinski definition) is 5. The molecule has 7 nitrogen and oxygen atoms in total. The summed E-state index contributed by atoms with van der Waals surface area (Å²) in [5.41, 5.74) is 1.71. The molecular formula is C17H25N3O4S. The van der Waals surface area contributed by atoms with Gasteiger partial charge in [0.25, 0.3) is 5.91 Å². The highest BCUT2D eigenvalue weighted by atomic mass is 32.2. The zero-order chi connectivity index (χ0) is 17.9. The van der Waals surface area contributed by atoms with Gasteiger partial charge in [0.15, 0.2) is 9.84 Å². The Morgan fingerprint density at radius 2 is 2.12 bits per heavy atom. The predicted molar refractivity (Wildman–Crippen MR) is 94.8 cm³/mol. The van der Waals surface area contributed by atoms with Crippen LogP contribution in [0.1, 0.15) is 51.4 Å². The number of hydrogen-bond donors (Lipinski definition) is 1. The fraction of sp³-hybridized carbons (Fsp3) is 0.706. The van der Waals surface area contributed by atoms with E-state index in [4.69, 9.17) is 0 Å². The molecule has 1 fully saturated rings. The molecule has 25 heavy (non-hydrogen) atoms. The molecule has 1 saturated heterocycles. The van der Waals surface area contributed by atoms with Crippen LogP contribution in [0.5, 0.6) is 0 Å². The molecule has 0 aromatic heterocycles. The minimum atomic E-state index is -3.10. The molecule has 0 aromatic rings. The van der Waals surface area contributed by atoms with Gasteiger partial charge < -0.3 is 5.32 Å². The molecule has 3 rings (SSSR count). The maximum absolute atomic E-state index is 12.3. The fourth-order valence-corrected chi connectivity index (χ4v) is 5.25. The number of rotatable bonds is 5. The molecule has 2 heterocycles. The minimum absolute atomic E-state index is 0.0642. The van der Waals surface area contributed by atoms with Crippen LogP contribution in [0.3, 0.4) is 0 Å². The number of allylic oxidation sites excluding steroid dienone is 1. The standard InChI is InChI=1S/C17H25N3O4S/c21-16-7-6-15(19-20(16)14-9-11-25(23,24)12-14)17(22)18-10-8-13-4-2-1-3-5-13/h4,14H,1-3,5-12H2,(H,18,22). The van der Waals surface area contributed by atoms with Crippen LogP contribution in [0.2, 0.25) is 0 Å². The maximum Gasteiger partial charge on any atom is 0.267 e. The van der Waals surface area contributed by atoms with E-state index in [1.165, 1.54) is 23.4 Å². The van der Waals surface area contributed by atoms with Gasteiger partial charge in [0, 0.05) is 19.4 Å². The lowest BCUT2D eigenvalue weighted by atomic mass is 9.97. The third-order valence-corrected chi connectivity index (χ3v) is 6.74. The summed E-state index contributed by atoms with van der Waals surface area (Å²) in [5.74, 6) is -0.445.